The van der Waals surface area contributed by atoms with Crippen molar-refractivity contribution in [3.05, 3.63) is 52.2 Å². The van der Waals surface area contributed by atoms with E-state index in [0.29, 0.717) is 6.54 Å². The lowest BCUT2D eigenvalue weighted by Crippen LogP contribution is -2.40. The van der Waals surface area contributed by atoms with Crippen molar-refractivity contribution < 1.29 is 9.84 Å². The molecule has 1 aromatic carbocycles. The molecule has 0 amide bonds. The standard InChI is InChI=1S/C16H19NO2S/c1-16(2)15(12-5-3-4-6-14(12)19-16)17-9-13(18)11-7-8-20-10-11/h3-8,10,13,15,17-18H,9H2,1-2H3. The van der Waals surface area contributed by atoms with Crippen LogP contribution in [-0.4, -0.2) is 17.3 Å². The summed E-state index contributed by atoms with van der Waals surface area (Å²) in [6.07, 6.45) is -0.482. The van der Waals surface area contributed by atoms with Gasteiger partial charge in [-0.25, -0.2) is 0 Å². The van der Waals surface area contributed by atoms with Gasteiger partial charge in [0, 0.05) is 12.1 Å². The molecule has 2 heterocycles. The third kappa shape index (κ3) is 2.46. The second-order valence-corrected chi connectivity index (χ2v) is 6.44. The maximum Gasteiger partial charge on any atom is 0.125 e. The number of thiophene rings is 1. The van der Waals surface area contributed by atoms with Crippen molar-refractivity contribution in [2.24, 2.45) is 0 Å². The zero-order valence-electron chi connectivity index (χ0n) is 11.7. The number of benzene rings is 1. The van der Waals surface area contributed by atoms with Gasteiger partial charge in [-0.3, -0.25) is 0 Å². The highest BCUT2D eigenvalue weighted by atomic mass is 32.1. The maximum atomic E-state index is 10.2. The minimum Gasteiger partial charge on any atom is -0.486 e. The topological polar surface area (TPSA) is 41.5 Å². The third-order valence-corrected chi connectivity index (χ3v) is 4.44. The Morgan fingerprint density at radius 3 is 2.90 bits per heavy atom. The van der Waals surface area contributed by atoms with Crippen LogP contribution in [0, 0.1) is 0 Å². The van der Waals surface area contributed by atoms with E-state index in [2.05, 4.69) is 25.2 Å². The Hall–Kier alpha value is -1.36. The van der Waals surface area contributed by atoms with Gasteiger partial charge in [0.25, 0.3) is 0 Å². The van der Waals surface area contributed by atoms with Gasteiger partial charge in [0.15, 0.2) is 0 Å². The molecule has 20 heavy (non-hydrogen) atoms. The van der Waals surface area contributed by atoms with Crippen LogP contribution in [0.25, 0.3) is 0 Å². The number of hydrogen-bond donors (Lipinski definition) is 2. The van der Waals surface area contributed by atoms with Crippen molar-refractivity contribution >= 4 is 11.3 Å². The van der Waals surface area contributed by atoms with E-state index < -0.39 is 6.10 Å². The number of hydrogen-bond acceptors (Lipinski definition) is 4. The Balaban J connectivity index is 1.73. The van der Waals surface area contributed by atoms with E-state index in [1.807, 2.05) is 35.0 Å². The van der Waals surface area contributed by atoms with Gasteiger partial charge >= 0.3 is 0 Å². The Kier molecular flexibility index (Phi) is 3.54. The molecule has 0 saturated heterocycles. The molecular formula is C16H19NO2S. The fourth-order valence-electron chi connectivity index (χ4n) is 2.70. The quantitative estimate of drug-likeness (QED) is 0.907. The van der Waals surface area contributed by atoms with Gasteiger partial charge in [0.05, 0.1) is 12.1 Å². The average molecular weight is 289 g/mol. The van der Waals surface area contributed by atoms with Crippen LogP contribution in [-0.2, 0) is 0 Å². The van der Waals surface area contributed by atoms with Gasteiger partial charge < -0.3 is 15.2 Å². The summed E-state index contributed by atoms with van der Waals surface area (Å²) in [4.78, 5) is 0. The van der Waals surface area contributed by atoms with E-state index in [0.717, 1.165) is 16.9 Å². The fraction of sp³-hybridized carbons (Fsp3) is 0.375. The monoisotopic (exact) mass is 289 g/mol. The lowest BCUT2D eigenvalue weighted by Gasteiger charge is -2.28. The lowest BCUT2D eigenvalue weighted by atomic mass is 9.94. The molecule has 0 spiro atoms. The highest BCUT2D eigenvalue weighted by Gasteiger charge is 2.40. The van der Waals surface area contributed by atoms with Crippen molar-refractivity contribution in [1.82, 2.24) is 5.32 Å². The van der Waals surface area contributed by atoms with Gasteiger partial charge in [-0.05, 0) is 42.3 Å². The Bertz CT molecular complexity index is 580. The first-order chi connectivity index (χ1) is 9.58. The summed E-state index contributed by atoms with van der Waals surface area (Å²) in [7, 11) is 0. The second-order valence-electron chi connectivity index (χ2n) is 5.66. The van der Waals surface area contributed by atoms with Crippen LogP contribution in [0.1, 0.15) is 37.1 Å². The number of nitrogens with one attached hydrogen (secondary N) is 1. The molecule has 0 aliphatic carbocycles. The van der Waals surface area contributed by atoms with Crippen LogP contribution in [0.5, 0.6) is 5.75 Å². The summed E-state index contributed by atoms with van der Waals surface area (Å²) < 4.78 is 5.99. The number of fused-ring (bicyclic) bond motifs is 1. The minimum atomic E-state index is -0.482. The summed E-state index contributed by atoms with van der Waals surface area (Å²) in [6, 6.07) is 10.1. The van der Waals surface area contributed by atoms with Crippen LogP contribution >= 0.6 is 11.3 Å². The van der Waals surface area contributed by atoms with E-state index in [-0.39, 0.29) is 11.6 Å². The predicted molar refractivity (Wildman–Crippen MR) is 81.2 cm³/mol. The summed E-state index contributed by atoms with van der Waals surface area (Å²) in [6.45, 7) is 4.66. The van der Waals surface area contributed by atoms with E-state index in [9.17, 15) is 5.11 Å². The van der Waals surface area contributed by atoms with Gasteiger partial charge in [0.1, 0.15) is 11.4 Å². The molecule has 2 atom stereocenters. The van der Waals surface area contributed by atoms with Crippen LogP contribution in [0.3, 0.4) is 0 Å². The van der Waals surface area contributed by atoms with Crippen LogP contribution < -0.4 is 10.1 Å². The van der Waals surface area contributed by atoms with Gasteiger partial charge in [0.2, 0.25) is 0 Å². The molecule has 106 valence electrons. The summed E-state index contributed by atoms with van der Waals surface area (Å²) in [5.41, 5.74) is 1.82. The summed E-state index contributed by atoms with van der Waals surface area (Å²) in [5.74, 6) is 0.931. The van der Waals surface area contributed by atoms with Crippen molar-refractivity contribution in [3.63, 3.8) is 0 Å². The molecule has 0 radical (unpaired) electrons. The SMILES string of the molecule is CC1(C)Oc2ccccc2C1NCC(O)c1ccsc1. The Morgan fingerprint density at radius 1 is 1.35 bits per heavy atom. The third-order valence-electron chi connectivity index (χ3n) is 3.74. The van der Waals surface area contributed by atoms with Crippen molar-refractivity contribution in [3.8, 4) is 5.75 Å². The molecule has 3 rings (SSSR count). The molecule has 1 aliphatic heterocycles. The van der Waals surface area contributed by atoms with Gasteiger partial charge in [-0.2, -0.15) is 11.3 Å². The molecule has 2 aromatic rings. The highest BCUT2D eigenvalue weighted by molar-refractivity contribution is 7.07. The molecule has 2 unspecified atom stereocenters. The summed E-state index contributed by atoms with van der Waals surface area (Å²) in [5, 5.41) is 17.6. The largest absolute Gasteiger partial charge is 0.486 e. The predicted octanol–water partition coefficient (Wildman–Crippen LogP) is 3.28. The highest BCUT2D eigenvalue weighted by Crippen LogP contribution is 2.42. The smallest absolute Gasteiger partial charge is 0.125 e. The first kappa shape index (κ1) is 13.6. The minimum absolute atomic E-state index is 0.0898. The maximum absolute atomic E-state index is 10.2. The van der Waals surface area contributed by atoms with E-state index in [1.54, 1.807) is 11.3 Å². The Morgan fingerprint density at radius 2 is 2.15 bits per heavy atom. The average Bonchev–Trinajstić information content (AvgIpc) is 3.01. The zero-order valence-corrected chi connectivity index (χ0v) is 12.5. The van der Waals surface area contributed by atoms with E-state index >= 15 is 0 Å². The van der Waals surface area contributed by atoms with Crippen LogP contribution in [0.4, 0.5) is 0 Å². The van der Waals surface area contributed by atoms with Crippen molar-refractivity contribution in [2.75, 3.05) is 6.54 Å². The van der Waals surface area contributed by atoms with E-state index in [1.165, 1.54) is 0 Å². The molecule has 3 nitrogen and oxygen atoms in total. The molecule has 0 bridgehead atoms. The number of ether oxygens (including phenoxy) is 1. The molecule has 2 N–H and O–H groups in total. The number of aliphatic hydroxyl groups is 1. The first-order valence-electron chi connectivity index (χ1n) is 6.79. The number of aliphatic hydroxyl groups excluding tert-OH is 1. The lowest BCUT2D eigenvalue weighted by molar-refractivity contribution is 0.0857. The molecule has 1 aromatic heterocycles. The molecule has 0 fully saturated rings. The fourth-order valence-corrected chi connectivity index (χ4v) is 3.40. The molecule has 0 saturated carbocycles. The van der Waals surface area contributed by atoms with Crippen molar-refractivity contribution in [2.45, 2.75) is 31.6 Å². The van der Waals surface area contributed by atoms with E-state index in [4.69, 9.17) is 4.74 Å². The summed E-state index contributed by atoms with van der Waals surface area (Å²) >= 11 is 1.60. The number of rotatable bonds is 4. The normalized spacial score (nSPS) is 21.2. The Labute approximate surface area is 123 Å². The van der Waals surface area contributed by atoms with Crippen molar-refractivity contribution in [1.29, 1.82) is 0 Å². The van der Waals surface area contributed by atoms with Crippen LogP contribution in [0.2, 0.25) is 0 Å². The van der Waals surface area contributed by atoms with Gasteiger partial charge in [-0.1, -0.05) is 18.2 Å². The second kappa shape index (κ2) is 5.20. The number of para-hydroxylation sites is 1. The molecular weight excluding hydrogens is 270 g/mol. The van der Waals surface area contributed by atoms with Crippen LogP contribution in [0.15, 0.2) is 41.1 Å². The molecule has 1 aliphatic rings. The first-order valence-corrected chi connectivity index (χ1v) is 7.74. The van der Waals surface area contributed by atoms with Gasteiger partial charge in [-0.15, -0.1) is 0 Å². The molecule has 4 heteroatoms. The zero-order chi connectivity index (χ0) is 14.2.